The lowest BCUT2D eigenvalue weighted by molar-refractivity contribution is 0.244. The van der Waals surface area contributed by atoms with Crippen molar-refractivity contribution in [3.8, 4) is 0 Å². The van der Waals surface area contributed by atoms with E-state index in [2.05, 4.69) is 4.99 Å². The zero-order valence-corrected chi connectivity index (χ0v) is 5.90. The van der Waals surface area contributed by atoms with Crippen LogP contribution >= 0.6 is 11.8 Å². The first-order chi connectivity index (χ1) is 4.33. The van der Waals surface area contributed by atoms with Gasteiger partial charge in [0.1, 0.15) is 0 Å². The van der Waals surface area contributed by atoms with E-state index in [1.165, 1.54) is 11.8 Å². The zero-order chi connectivity index (χ0) is 6.69. The van der Waals surface area contributed by atoms with Crippen LogP contribution < -0.4 is 5.73 Å². The molecule has 4 heteroatoms. The quantitative estimate of drug-likeness (QED) is 0.532. The fraction of sp³-hybridized carbons (Fsp3) is 0.800. The Morgan fingerprint density at radius 1 is 1.89 bits per heavy atom. The van der Waals surface area contributed by atoms with Gasteiger partial charge in [0.05, 0.1) is 0 Å². The first-order valence-electron chi connectivity index (χ1n) is 2.86. The minimum absolute atomic E-state index is 0.226. The van der Waals surface area contributed by atoms with Crippen LogP contribution in [-0.2, 0) is 0 Å². The van der Waals surface area contributed by atoms with E-state index in [0.717, 1.165) is 5.75 Å². The molecule has 3 N–H and O–H groups in total. The minimum atomic E-state index is 0.226. The van der Waals surface area contributed by atoms with E-state index in [1.807, 2.05) is 0 Å². The summed E-state index contributed by atoms with van der Waals surface area (Å²) in [7, 11) is 0. The maximum absolute atomic E-state index is 8.65. The topological polar surface area (TPSA) is 58.6 Å². The molecule has 1 aliphatic heterocycles. The molecule has 3 nitrogen and oxygen atoms in total. The molecule has 52 valence electrons. The van der Waals surface area contributed by atoms with E-state index in [4.69, 9.17) is 10.8 Å². The van der Waals surface area contributed by atoms with Crippen molar-refractivity contribution in [1.82, 2.24) is 0 Å². The molecular formula is C5H10N2OS. The Balaban J connectivity index is 2.36. The molecule has 0 bridgehead atoms. The van der Waals surface area contributed by atoms with Gasteiger partial charge in [-0.25, -0.2) is 0 Å². The Morgan fingerprint density at radius 2 is 2.67 bits per heavy atom. The molecular weight excluding hydrogens is 136 g/mol. The lowest BCUT2D eigenvalue weighted by atomic mass is 10.2. The predicted octanol–water partition coefficient (Wildman–Crippen LogP) is -0.344. The predicted molar refractivity (Wildman–Crippen MR) is 39.5 cm³/mol. The molecule has 9 heavy (non-hydrogen) atoms. The van der Waals surface area contributed by atoms with E-state index >= 15 is 0 Å². The van der Waals surface area contributed by atoms with Gasteiger partial charge in [-0.2, -0.15) is 0 Å². The summed E-state index contributed by atoms with van der Waals surface area (Å²) in [5, 5.41) is 9.31. The molecule has 1 rings (SSSR count). The van der Waals surface area contributed by atoms with Crippen molar-refractivity contribution in [2.24, 2.45) is 16.6 Å². The lowest BCUT2D eigenvalue weighted by Gasteiger charge is -2.15. The van der Waals surface area contributed by atoms with E-state index in [0.29, 0.717) is 17.6 Å². The van der Waals surface area contributed by atoms with Gasteiger partial charge in [-0.15, -0.1) is 0 Å². The van der Waals surface area contributed by atoms with Gasteiger partial charge < -0.3 is 10.8 Å². The summed E-state index contributed by atoms with van der Waals surface area (Å²) in [4.78, 5) is 3.98. The van der Waals surface area contributed by atoms with E-state index < -0.39 is 0 Å². The van der Waals surface area contributed by atoms with Crippen molar-refractivity contribution in [1.29, 1.82) is 0 Å². The third-order valence-electron chi connectivity index (χ3n) is 1.23. The van der Waals surface area contributed by atoms with Gasteiger partial charge in [-0.3, -0.25) is 4.99 Å². The molecule has 0 spiro atoms. The number of hydrogen-bond donors (Lipinski definition) is 2. The first kappa shape index (κ1) is 6.89. The van der Waals surface area contributed by atoms with Gasteiger partial charge in [0, 0.05) is 24.8 Å². The first-order valence-corrected chi connectivity index (χ1v) is 3.85. The third kappa shape index (κ3) is 1.87. The second-order valence-electron chi connectivity index (χ2n) is 2.04. The van der Waals surface area contributed by atoms with Crippen LogP contribution in [0.4, 0.5) is 0 Å². The van der Waals surface area contributed by atoms with Crippen LogP contribution in [0.5, 0.6) is 0 Å². The number of nitrogens with zero attached hydrogens (tertiary/aromatic N) is 1. The van der Waals surface area contributed by atoms with E-state index in [-0.39, 0.29) is 6.61 Å². The Kier molecular flexibility index (Phi) is 2.36. The number of aliphatic hydroxyl groups excluding tert-OH is 1. The summed E-state index contributed by atoms with van der Waals surface area (Å²) in [6.45, 7) is 0.916. The molecule has 1 heterocycles. The highest BCUT2D eigenvalue weighted by atomic mass is 32.2. The molecule has 0 aliphatic carbocycles. The van der Waals surface area contributed by atoms with E-state index in [9.17, 15) is 0 Å². The molecule has 0 amide bonds. The van der Waals surface area contributed by atoms with Gasteiger partial charge in [-0.05, 0) is 0 Å². The molecule has 0 fully saturated rings. The Bertz CT molecular complexity index is 126. The molecule has 0 aromatic heterocycles. The number of amidine groups is 1. The van der Waals surface area contributed by atoms with Crippen LogP contribution in [0.3, 0.4) is 0 Å². The monoisotopic (exact) mass is 146 g/mol. The minimum Gasteiger partial charge on any atom is -0.396 e. The maximum atomic E-state index is 8.65. The van der Waals surface area contributed by atoms with E-state index in [1.54, 1.807) is 0 Å². The van der Waals surface area contributed by atoms with Gasteiger partial charge in [0.25, 0.3) is 0 Å². The zero-order valence-electron chi connectivity index (χ0n) is 5.08. The number of aliphatic hydroxyl groups is 1. The van der Waals surface area contributed by atoms with Crippen molar-refractivity contribution >= 4 is 16.9 Å². The van der Waals surface area contributed by atoms with Crippen molar-refractivity contribution < 1.29 is 5.11 Å². The van der Waals surface area contributed by atoms with Gasteiger partial charge in [-0.1, -0.05) is 11.8 Å². The smallest absolute Gasteiger partial charge is 0.153 e. The second kappa shape index (κ2) is 3.08. The molecule has 1 aliphatic rings. The van der Waals surface area contributed by atoms with Gasteiger partial charge in [0.15, 0.2) is 5.17 Å². The summed E-state index contributed by atoms with van der Waals surface area (Å²) in [5.74, 6) is 1.23. The number of thioether (sulfide) groups is 1. The fourth-order valence-corrected chi connectivity index (χ4v) is 1.41. The Hall–Kier alpha value is -0.220. The fourth-order valence-electron chi connectivity index (χ4n) is 0.631. The summed E-state index contributed by atoms with van der Waals surface area (Å²) in [6.07, 6.45) is 0. The Labute approximate surface area is 58.3 Å². The van der Waals surface area contributed by atoms with Gasteiger partial charge >= 0.3 is 0 Å². The lowest BCUT2D eigenvalue weighted by Crippen LogP contribution is -2.23. The number of nitrogens with two attached hydrogens (primary N) is 1. The summed E-state index contributed by atoms with van der Waals surface area (Å²) in [6, 6.07) is 0. The van der Waals surface area contributed by atoms with Crippen molar-refractivity contribution in [2.75, 3.05) is 18.9 Å². The highest BCUT2D eigenvalue weighted by Crippen LogP contribution is 2.13. The normalized spacial score (nSPS) is 27.7. The Morgan fingerprint density at radius 3 is 3.11 bits per heavy atom. The molecule has 0 saturated heterocycles. The van der Waals surface area contributed by atoms with Crippen molar-refractivity contribution in [3.05, 3.63) is 0 Å². The molecule has 0 aromatic carbocycles. The highest BCUT2D eigenvalue weighted by molar-refractivity contribution is 8.13. The standard InChI is InChI=1S/C5H10N2OS/c6-5-7-1-4(2-8)3-9-5/h4,8H,1-3H2,(H2,6,7)/t4-/m0/s1. The molecule has 0 radical (unpaired) electrons. The van der Waals surface area contributed by atoms with Crippen LogP contribution in [0.2, 0.25) is 0 Å². The summed E-state index contributed by atoms with van der Waals surface area (Å²) >= 11 is 1.52. The van der Waals surface area contributed by atoms with Crippen LogP contribution in [0.15, 0.2) is 4.99 Å². The maximum Gasteiger partial charge on any atom is 0.153 e. The molecule has 1 atom stereocenters. The van der Waals surface area contributed by atoms with Gasteiger partial charge in [0.2, 0.25) is 0 Å². The van der Waals surface area contributed by atoms with Crippen molar-refractivity contribution in [3.63, 3.8) is 0 Å². The number of rotatable bonds is 1. The average Bonchev–Trinajstić information content (AvgIpc) is 1.90. The van der Waals surface area contributed by atoms with Crippen molar-refractivity contribution in [2.45, 2.75) is 0 Å². The highest BCUT2D eigenvalue weighted by Gasteiger charge is 2.12. The van der Waals surface area contributed by atoms with Crippen LogP contribution in [-0.4, -0.2) is 29.2 Å². The SMILES string of the molecule is NC1=NC[C@@H](CO)CS1. The molecule has 0 saturated carbocycles. The van der Waals surface area contributed by atoms with Crippen LogP contribution in [0, 0.1) is 5.92 Å². The number of hydrogen-bond acceptors (Lipinski definition) is 4. The average molecular weight is 146 g/mol. The number of aliphatic imine (C=N–C) groups is 1. The largest absolute Gasteiger partial charge is 0.396 e. The molecule has 0 unspecified atom stereocenters. The molecule has 0 aromatic rings. The third-order valence-corrected chi connectivity index (χ3v) is 2.29. The summed E-state index contributed by atoms with van der Waals surface area (Å²) < 4.78 is 0. The second-order valence-corrected chi connectivity index (χ2v) is 3.08. The summed E-state index contributed by atoms with van der Waals surface area (Å²) in [5.41, 5.74) is 5.38. The van der Waals surface area contributed by atoms with Crippen LogP contribution in [0.25, 0.3) is 0 Å². The van der Waals surface area contributed by atoms with Crippen LogP contribution in [0.1, 0.15) is 0 Å².